The van der Waals surface area contributed by atoms with Gasteiger partial charge in [0.15, 0.2) is 0 Å². The van der Waals surface area contributed by atoms with Crippen LogP contribution in [0.15, 0.2) is 4.42 Å². The zero-order valence-electron chi connectivity index (χ0n) is 14.9. The predicted octanol–water partition coefficient (Wildman–Crippen LogP) is 3.70. The van der Waals surface area contributed by atoms with Gasteiger partial charge < -0.3 is 14.5 Å². The number of ether oxygens (including phenoxy) is 1. The summed E-state index contributed by atoms with van der Waals surface area (Å²) in [5, 5.41) is 4.09. The van der Waals surface area contributed by atoms with E-state index in [1.807, 2.05) is 27.7 Å². The van der Waals surface area contributed by atoms with Crippen LogP contribution in [0.2, 0.25) is 0 Å². The fraction of sp³-hybridized carbons (Fsp3) is 0.412. The third-order valence-corrected chi connectivity index (χ3v) is 5.01. The molecule has 0 bridgehead atoms. The number of aryl methyl sites for hydroxylation is 4. The molecule has 3 aromatic heterocycles. The van der Waals surface area contributed by atoms with Crippen molar-refractivity contribution in [2.75, 3.05) is 11.9 Å². The molecule has 3 heterocycles. The van der Waals surface area contributed by atoms with Crippen molar-refractivity contribution in [2.45, 2.75) is 41.2 Å². The summed E-state index contributed by atoms with van der Waals surface area (Å²) < 4.78 is 10.7. The molecule has 0 saturated heterocycles. The summed E-state index contributed by atoms with van der Waals surface area (Å²) in [4.78, 5) is 26.8. The highest BCUT2D eigenvalue weighted by Crippen LogP contribution is 2.34. The van der Waals surface area contributed by atoms with E-state index in [9.17, 15) is 4.79 Å². The lowest BCUT2D eigenvalue weighted by Crippen LogP contribution is -2.05. The molecule has 3 aromatic rings. The zero-order chi connectivity index (χ0) is 18.1. The Labute approximate surface area is 149 Å². The Balaban J connectivity index is 1.97. The second kappa shape index (κ2) is 6.79. The molecule has 0 aromatic carbocycles. The lowest BCUT2D eigenvalue weighted by atomic mass is 10.2. The Morgan fingerprint density at radius 3 is 2.60 bits per heavy atom. The number of anilines is 1. The third kappa shape index (κ3) is 3.34. The summed E-state index contributed by atoms with van der Waals surface area (Å²) in [7, 11) is 0. The van der Waals surface area contributed by atoms with Gasteiger partial charge in [-0.1, -0.05) is 0 Å². The fourth-order valence-electron chi connectivity index (χ4n) is 2.54. The average Bonchev–Trinajstić information content (AvgIpc) is 3.05. The quantitative estimate of drug-likeness (QED) is 0.694. The number of esters is 1. The number of hydrogen-bond donors (Lipinski definition) is 1. The Kier molecular flexibility index (Phi) is 4.71. The van der Waals surface area contributed by atoms with E-state index in [-0.39, 0.29) is 5.97 Å². The summed E-state index contributed by atoms with van der Waals surface area (Å²) in [5.74, 6) is 2.37. The van der Waals surface area contributed by atoms with Gasteiger partial charge in [0.25, 0.3) is 0 Å². The van der Waals surface area contributed by atoms with Crippen LogP contribution in [0.4, 0.5) is 5.82 Å². The molecule has 7 nitrogen and oxygen atoms in total. The fourth-order valence-corrected chi connectivity index (χ4v) is 3.66. The minimum Gasteiger partial charge on any atom is -0.462 e. The van der Waals surface area contributed by atoms with Crippen LogP contribution in [0.5, 0.6) is 0 Å². The number of aromatic nitrogens is 3. The SMILES string of the molecule is CCOC(=O)c1sc2nc(C)nc(NCc3nc(C)c(C)o3)c2c1C. The molecular weight excluding hydrogens is 340 g/mol. The molecule has 0 aliphatic rings. The van der Waals surface area contributed by atoms with Gasteiger partial charge in [-0.3, -0.25) is 0 Å². The Bertz CT molecular complexity index is 926. The first kappa shape index (κ1) is 17.3. The predicted molar refractivity (Wildman–Crippen MR) is 96.1 cm³/mol. The van der Waals surface area contributed by atoms with Gasteiger partial charge in [-0.25, -0.2) is 19.7 Å². The van der Waals surface area contributed by atoms with Gasteiger partial charge in [0.05, 0.1) is 24.2 Å². The molecule has 0 radical (unpaired) electrons. The van der Waals surface area contributed by atoms with Crippen molar-refractivity contribution in [3.05, 3.63) is 33.6 Å². The topological polar surface area (TPSA) is 90.1 Å². The van der Waals surface area contributed by atoms with E-state index in [4.69, 9.17) is 9.15 Å². The molecule has 3 rings (SSSR count). The summed E-state index contributed by atoms with van der Waals surface area (Å²) in [5.41, 5.74) is 1.69. The van der Waals surface area contributed by atoms with Gasteiger partial charge in [-0.05, 0) is 40.2 Å². The van der Waals surface area contributed by atoms with Gasteiger partial charge in [0.1, 0.15) is 27.1 Å². The molecule has 0 atom stereocenters. The van der Waals surface area contributed by atoms with Crippen molar-refractivity contribution >= 4 is 33.3 Å². The lowest BCUT2D eigenvalue weighted by Gasteiger charge is -2.07. The van der Waals surface area contributed by atoms with Crippen LogP contribution in [-0.4, -0.2) is 27.5 Å². The number of nitrogens with one attached hydrogen (secondary N) is 1. The maximum absolute atomic E-state index is 12.1. The summed E-state index contributed by atoms with van der Waals surface area (Å²) in [6.45, 7) is 10.0. The molecule has 0 unspecified atom stereocenters. The molecule has 0 amide bonds. The van der Waals surface area contributed by atoms with Crippen LogP contribution in [0.1, 0.15) is 45.3 Å². The smallest absolute Gasteiger partial charge is 0.348 e. The minimum atomic E-state index is -0.328. The maximum Gasteiger partial charge on any atom is 0.348 e. The number of fused-ring (bicyclic) bond motifs is 1. The van der Waals surface area contributed by atoms with Crippen LogP contribution in [-0.2, 0) is 11.3 Å². The first-order valence-corrected chi connectivity index (χ1v) is 8.84. The van der Waals surface area contributed by atoms with Crippen molar-refractivity contribution in [2.24, 2.45) is 0 Å². The molecule has 0 fully saturated rings. The Morgan fingerprint density at radius 2 is 1.96 bits per heavy atom. The van der Waals surface area contributed by atoms with E-state index >= 15 is 0 Å². The van der Waals surface area contributed by atoms with Gasteiger partial charge in [-0.2, -0.15) is 0 Å². The van der Waals surface area contributed by atoms with Gasteiger partial charge in [0.2, 0.25) is 5.89 Å². The van der Waals surface area contributed by atoms with Gasteiger partial charge >= 0.3 is 5.97 Å². The molecule has 0 spiro atoms. The van der Waals surface area contributed by atoms with Crippen LogP contribution in [0.3, 0.4) is 0 Å². The van der Waals surface area contributed by atoms with Gasteiger partial charge in [0, 0.05) is 0 Å². The average molecular weight is 360 g/mol. The first-order valence-electron chi connectivity index (χ1n) is 8.02. The molecule has 132 valence electrons. The van der Waals surface area contributed by atoms with Crippen molar-refractivity contribution in [1.82, 2.24) is 15.0 Å². The van der Waals surface area contributed by atoms with Crippen LogP contribution >= 0.6 is 11.3 Å². The first-order chi connectivity index (χ1) is 11.9. The van der Waals surface area contributed by atoms with Crippen LogP contribution < -0.4 is 5.32 Å². The number of carbonyl (C=O) groups excluding carboxylic acids is 1. The number of hydrogen-bond acceptors (Lipinski definition) is 8. The van der Waals surface area contributed by atoms with Crippen molar-refractivity contribution in [3.8, 4) is 0 Å². The molecule has 8 heteroatoms. The van der Waals surface area contributed by atoms with E-state index in [0.717, 1.165) is 27.2 Å². The molecule has 0 saturated carbocycles. The normalized spacial score (nSPS) is 11.1. The minimum absolute atomic E-state index is 0.328. The molecule has 25 heavy (non-hydrogen) atoms. The van der Waals surface area contributed by atoms with Crippen LogP contribution in [0.25, 0.3) is 10.2 Å². The molecular formula is C17H20N4O3S. The molecule has 0 aliphatic carbocycles. The van der Waals surface area contributed by atoms with Crippen molar-refractivity contribution in [3.63, 3.8) is 0 Å². The molecule has 1 N–H and O–H groups in total. The standard InChI is InChI=1S/C17H20N4O3S/c1-6-23-17(22)14-8(2)13-15(20-11(5)21-16(13)25-14)18-7-12-19-9(3)10(4)24-12/h6-7H2,1-5H3,(H,18,20,21). The number of thiophene rings is 1. The zero-order valence-corrected chi connectivity index (χ0v) is 15.7. The molecule has 0 aliphatic heterocycles. The van der Waals surface area contributed by atoms with E-state index in [1.54, 1.807) is 6.92 Å². The van der Waals surface area contributed by atoms with Crippen molar-refractivity contribution < 1.29 is 13.9 Å². The largest absolute Gasteiger partial charge is 0.462 e. The van der Waals surface area contributed by atoms with Crippen LogP contribution in [0, 0.1) is 27.7 Å². The summed E-state index contributed by atoms with van der Waals surface area (Å²) in [6.07, 6.45) is 0. The summed E-state index contributed by atoms with van der Waals surface area (Å²) in [6, 6.07) is 0. The lowest BCUT2D eigenvalue weighted by molar-refractivity contribution is 0.0531. The Morgan fingerprint density at radius 1 is 1.20 bits per heavy atom. The van der Waals surface area contributed by atoms with Gasteiger partial charge in [-0.15, -0.1) is 11.3 Å². The van der Waals surface area contributed by atoms with E-state index in [0.29, 0.717) is 35.6 Å². The summed E-state index contributed by atoms with van der Waals surface area (Å²) >= 11 is 1.32. The van der Waals surface area contributed by atoms with E-state index in [2.05, 4.69) is 20.3 Å². The Hall–Kier alpha value is -2.48. The third-order valence-electron chi connectivity index (χ3n) is 3.84. The highest BCUT2D eigenvalue weighted by molar-refractivity contribution is 7.20. The number of rotatable bonds is 5. The highest BCUT2D eigenvalue weighted by atomic mass is 32.1. The van der Waals surface area contributed by atoms with E-state index in [1.165, 1.54) is 11.3 Å². The maximum atomic E-state index is 12.1. The second-order valence-electron chi connectivity index (χ2n) is 5.68. The number of nitrogens with zero attached hydrogens (tertiary/aromatic N) is 3. The second-order valence-corrected chi connectivity index (χ2v) is 6.68. The highest BCUT2D eigenvalue weighted by Gasteiger charge is 2.21. The monoisotopic (exact) mass is 360 g/mol. The number of oxazole rings is 1. The van der Waals surface area contributed by atoms with E-state index < -0.39 is 0 Å². The number of carbonyl (C=O) groups is 1. The van der Waals surface area contributed by atoms with Crippen molar-refractivity contribution in [1.29, 1.82) is 0 Å².